The summed E-state index contributed by atoms with van der Waals surface area (Å²) in [6.45, 7) is 17.1. The van der Waals surface area contributed by atoms with Crippen molar-refractivity contribution in [1.82, 2.24) is 35.8 Å². The predicted molar refractivity (Wildman–Crippen MR) is 523 cm³/mol. The number of urea groups is 3. The van der Waals surface area contributed by atoms with E-state index in [2.05, 4.69) is 57.4 Å². The third kappa shape index (κ3) is 34.2. The Morgan fingerprint density at radius 2 is 1.33 bits per heavy atom. The van der Waals surface area contributed by atoms with Gasteiger partial charge in [-0.2, -0.15) is 23.5 Å². The van der Waals surface area contributed by atoms with Crippen molar-refractivity contribution in [2.24, 2.45) is 11.0 Å². The number of esters is 1. The number of hydrogen-bond donors (Lipinski definition) is 6. The van der Waals surface area contributed by atoms with E-state index < -0.39 is 78.5 Å². The minimum atomic E-state index is -4.87. The molecule has 8 aromatic carbocycles. The Labute approximate surface area is 823 Å². The van der Waals surface area contributed by atoms with E-state index >= 15 is 0 Å². The van der Waals surface area contributed by atoms with Gasteiger partial charge in [0.1, 0.15) is 36.7 Å². The van der Waals surface area contributed by atoms with Gasteiger partial charge in [0, 0.05) is 75.6 Å². The number of para-hydroxylation sites is 1. The summed E-state index contributed by atoms with van der Waals surface area (Å²) in [5, 5.41) is 25.7. The number of rotatable bonds is 24. The molecule has 2 fully saturated rings. The Bertz CT molecular complexity index is 5920. The number of carbonyl (C=O) groups excluding carboxylic acids is 8. The van der Waals surface area contributed by atoms with E-state index in [-0.39, 0.29) is 95.4 Å². The zero-order valence-corrected chi connectivity index (χ0v) is 83.6. The maximum Gasteiger partial charge on any atom is 0.573 e. The van der Waals surface area contributed by atoms with E-state index in [1.54, 1.807) is 58.9 Å². The molecule has 1 saturated heterocycles. The van der Waals surface area contributed by atoms with Crippen LogP contribution in [0.25, 0.3) is 0 Å². The van der Waals surface area contributed by atoms with Gasteiger partial charge in [0.05, 0.1) is 63.6 Å². The van der Waals surface area contributed by atoms with Gasteiger partial charge in [0.25, 0.3) is 23.9 Å². The molecule has 1 aliphatic heterocycles. The molecule has 12 rings (SSSR count). The van der Waals surface area contributed by atoms with E-state index in [1.807, 2.05) is 120 Å². The standard InChI is InChI=1S/C24H16F6N4O2.C18H28N2O3.C15H21NO4.C13H10BrCl2O2PS.C13H13Cl2N3O3.C13H18N2O2/c25-23(26,27)18-3-1-2-17(13-18)21(12-15-4-6-16(14-31)7-5-15)33-34-22(35)32-19-8-10-20(11-9-19)36-24(28,29)30;1-11(2)16(20-18(22)23-12(3)4)17(21)19-14(6)15-9-7-13(5)8-10-15;1-10-7-6-8-11(2)14(10)16(13(17)9-19-4)12(3)15(18)20-5;1-17-19(20,9-5-3-2-4-6-9)18-13-8-11(15)10(14)7-12(13)16;1-7(2)16-12(20)17-6-11(19)18(13(17)21)10-4-8(14)3-9(15)5-10;16-12-10-7-4-8-11(10)14-13(17)15(12)9-5-2-1-3-6-9/h1-11,13H,12H2,(H2,32,34,35);7-12,14,16H,1-6H3,(H,19,21)(H,20,22);6-8,12H,9H2,1-5H3;2-8H,1H3;3-5,7H,6H2,1-2H3,(H,16,20);9H,1-8H2,(H,14,17)/t;14-,16?;;;;/m.0..../s1. The summed E-state index contributed by atoms with van der Waals surface area (Å²) in [5.74, 6) is -1.58. The number of methoxy groups -OCH3 is 2. The lowest BCUT2D eigenvalue weighted by molar-refractivity contribution is -0.274. The molecule has 9 aromatic rings. The van der Waals surface area contributed by atoms with Crippen LogP contribution in [0.4, 0.5) is 62.6 Å². The fourth-order valence-corrected chi connectivity index (χ4v) is 17.3. The highest BCUT2D eigenvalue weighted by Crippen LogP contribution is 2.50. The number of benzene rings is 8. The first-order valence-corrected chi connectivity index (χ1v) is 47.8. The van der Waals surface area contributed by atoms with Gasteiger partial charge in [-0.25, -0.2) is 44.0 Å². The Morgan fingerprint density at radius 1 is 0.708 bits per heavy atom. The number of anilines is 3. The SMILES string of the molecule is CC(C)NC(=O)N1CC(=O)N(c2cc(Cl)cc(Cl)c2)C1=O.COCC(=O)N(c1c(C)cccc1C)C(C)C(=O)OC.COP(=S)(Oc1cc(Cl)c(Br)cc1Cl)c1ccccc1.Cc1ccc([C@H](C)NC(=O)C(NC(=O)OC(C)C)C(C)C)cc1.N#Cc1ccc(CC(=NNC(=O)Nc2ccc(OC(F)(F)F)cc2)c2cccc(C(F)(F)F)c2)cc1.O=c1[nH]c2c(c(=O)n1C1CCCCC1)CCC2. The third-order valence-electron chi connectivity index (χ3n) is 20.6. The van der Waals surface area contributed by atoms with Crippen LogP contribution in [-0.2, 0) is 75.2 Å². The summed E-state index contributed by atoms with van der Waals surface area (Å²) in [5.41, 5.74) is 9.12. The van der Waals surface area contributed by atoms with Crippen molar-refractivity contribution in [2.75, 3.05) is 49.6 Å². The van der Waals surface area contributed by atoms with Gasteiger partial charge < -0.3 is 54.2 Å². The molecule has 0 bridgehead atoms. The molecule has 2 heterocycles. The lowest BCUT2D eigenvalue weighted by atomic mass is 9.95. The number of amides is 10. The second kappa shape index (κ2) is 52.8. The smallest absolute Gasteiger partial charge is 0.467 e. The van der Waals surface area contributed by atoms with Crippen molar-refractivity contribution in [3.63, 3.8) is 0 Å². The zero-order chi connectivity index (χ0) is 102. The second-order valence-corrected chi connectivity index (χ2v) is 38.2. The van der Waals surface area contributed by atoms with Gasteiger partial charge in [-0.15, -0.1) is 13.2 Å². The van der Waals surface area contributed by atoms with Crippen LogP contribution in [0.1, 0.15) is 162 Å². The summed E-state index contributed by atoms with van der Waals surface area (Å²) in [4.78, 5) is 127. The van der Waals surface area contributed by atoms with Gasteiger partial charge in [0.15, 0.2) is 0 Å². The van der Waals surface area contributed by atoms with Crippen LogP contribution in [0.15, 0.2) is 195 Å². The molecular formula is C96H106BrCl4F6N12O16PS. The van der Waals surface area contributed by atoms with E-state index in [0.717, 1.165) is 130 Å². The van der Waals surface area contributed by atoms with Gasteiger partial charge in [-0.05, 0) is 241 Å². The third-order valence-corrected chi connectivity index (χ3v) is 25.7. The molecule has 3 unspecified atom stereocenters. The zero-order valence-electron chi connectivity index (χ0n) is 77.3. The largest absolute Gasteiger partial charge is 0.573 e. The Balaban J connectivity index is 0.000000228. The minimum absolute atomic E-state index is 0.0202. The number of H-pyrrole nitrogens is 1. The molecular weight excluding hydrogens is 1980 g/mol. The van der Waals surface area contributed by atoms with Crippen LogP contribution in [-0.4, -0.2) is 133 Å². The van der Waals surface area contributed by atoms with Gasteiger partial charge in [0.2, 0.25) is 5.91 Å². The van der Waals surface area contributed by atoms with E-state index in [0.29, 0.717) is 41.4 Å². The molecule has 1 aromatic heterocycles. The van der Waals surface area contributed by atoms with Crippen LogP contribution in [0.2, 0.25) is 20.1 Å². The lowest BCUT2D eigenvalue weighted by Gasteiger charge is -2.30. The number of nitrogens with zero attached hydrogens (tertiary/aromatic N) is 6. The fourth-order valence-electron chi connectivity index (χ4n) is 14.0. The maximum atomic E-state index is 13.2. The highest BCUT2D eigenvalue weighted by molar-refractivity contribution is 9.10. The summed E-state index contributed by atoms with van der Waals surface area (Å²) < 4.78 is 108. The van der Waals surface area contributed by atoms with Crippen LogP contribution in [0.5, 0.6) is 11.5 Å². The van der Waals surface area contributed by atoms with Crippen LogP contribution in [0, 0.1) is 38.0 Å². The Kier molecular flexibility index (Phi) is 43.3. The number of halogens is 11. The van der Waals surface area contributed by atoms with Gasteiger partial charge in [-0.3, -0.25) is 28.6 Å². The highest BCUT2D eigenvalue weighted by atomic mass is 79.9. The Hall–Kier alpha value is -11.7. The topological polar surface area (TPSA) is 353 Å². The predicted octanol–water partition coefficient (Wildman–Crippen LogP) is 21.2. The summed E-state index contributed by atoms with van der Waals surface area (Å²) in [7, 11) is 4.29. The summed E-state index contributed by atoms with van der Waals surface area (Å²) >= 11 is 32.8. The molecule has 2 aliphatic carbocycles. The monoisotopic (exact) mass is 2080 g/mol. The van der Waals surface area contributed by atoms with Gasteiger partial charge in [-0.1, -0.05) is 170 Å². The number of carbonyl (C=O) groups is 8. The second-order valence-electron chi connectivity index (χ2n) is 32.2. The number of fused-ring (bicyclic) bond motifs is 1. The van der Waals surface area contributed by atoms with E-state index in [9.17, 15) is 74.3 Å². The van der Waals surface area contributed by atoms with E-state index in [4.69, 9.17) is 86.7 Å². The molecule has 3 aliphatic rings. The van der Waals surface area contributed by atoms with Gasteiger partial charge >= 0.3 is 48.4 Å². The summed E-state index contributed by atoms with van der Waals surface area (Å²) in [6.07, 6.45) is -2.11. The number of ether oxygens (including phenoxy) is 4. The molecule has 734 valence electrons. The molecule has 0 radical (unpaired) electrons. The fraction of sp³-hybridized carbons (Fsp3) is 0.354. The van der Waals surface area contributed by atoms with Crippen LogP contribution in [0.3, 0.4) is 0 Å². The van der Waals surface area contributed by atoms with Crippen molar-refractivity contribution in [2.45, 2.75) is 183 Å². The number of imide groups is 2. The molecule has 0 spiro atoms. The van der Waals surface area contributed by atoms with Crippen LogP contribution >= 0.6 is 68.8 Å². The normalized spacial score (nSPS) is 14.0. The number of aromatic nitrogens is 2. The minimum Gasteiger partial charge on any atom is -0.467 e. The first kappa shape index (κ1) is 112. The van der Waals surface area contributed by atoms with Crippen LogP contribution < -0.4 is 62.3 Å². The maximum absolute atomic E-state index is 13.2. The number of alkyl carbamates (subject to hydrolysis) is 1. The average Bonchev–Trinajstić information content (AvgIpc) is 1.66. The number of hydrogen-bond acceptors (Lipinski definition) is 19. The Morgan fingerprint density at radius 3 is 1.89 bits per heavy atom. The average molecular weight is 2080 g/mol. The van der Waals surface area contributed by atoms with E-state index in [1.165, 1.54) is 85.2 Å². The molecule has 1 saturated carbocycles. The molecule has 4 atom stereocenters. The number of alkyl halides is 6. The van der Waals surface area contributed by atoms with Crippen molar-refractivity contribution < 1.29 is 92.7 Å². The molecule has 137 heavy (non-hydrogen) atoms. The number of nitriles is 1. The molecule has 41 heteroatoms. The molecule has 28 nitrogen and oxygen atoms in total. The van der Waals surface area contributed by atoms with Crippen molar-refractivity contribution in [3.05, 3.63) is 277 Å². The first-order valence-electron chi connectivity index (χ1n) is 42.9. The number of aromatic amines is 1. The molecule has 10 amide bonds. The van der Waals surface area contributed by atoms with Crippen molar-refractivity contribution >= 4 is 157 Å². The molecule has 6 N–H and O–H groups in total. The highest BCUT2D eigenvalue weighted by Gasteiger charge is 2.42. The summed E-state index contributed by atoms with van der Waals surface area (Å²) in [6, 6.07) is 44.0. The number of hydrazone groups is 1. The number of nitrogens with one attached hydrogen (secondary N) is 6. The first-order chi connectivity index (χ1) is 64.6. The quantitative estimate of drug-likeness (QED) is 0.00622. The lowest BCUT2D eigenvalue weighted by Crippen LogP contribution is -2.50. The van der Waals surface area contributed by atoms with Crippen molar-refractivity contribution in [3.8, 4) is 17.6 Å². The number of aryl methyl sites for hydroxylation is 4. The van der Waals surface area contributed by atoms with Crippen molar-refractivity contribution in [1.29, 1.82) is 5.26 Å².